The molecule has 15 heteroatoms. The lowest BCUT2D eigenvalue weighted by Crippen LogP contribution is -2.63. The number of alkyl carbamates (subject to hydrolysis) is 1. The Kier molecular flexibility index (Phi) is 9.79. The van der Waals surface area contributed by atoms with Gasteiger partial charge < -0.3 is 30.1 Å². The summed E-state index contributed by atoms with van der Waals surface area (Å²) in [4.78, 5) is 70.4. The van der Waals surface area contributed by atoms with E-state index >= 15 is 0 Å². The number of hydrogen-bond donors (Lipinski definition) is 3. The molecule has 3 saturated carbocycles. The molecule has 0 spiro atoms. The summed E-state index contributed by atoms with van der Waals surface area (Å²) in [5.74, 6) is -0.532. The smallest absolute Gasteiger partial charge is 0.414 e. The zero-order valence-electron chi connectivity index (χ0n) is 31.3. The topological polar surface area (TPSA) is 195 Å². The maximum absolute atomic E-state index is 13.7. The Labute approximate surface area is 310 Å². The highest BCUT2D eigenvalue weighted by molar-refractivity contribution is 5.93. The molecule has 9 atom stereocenters. The molecule has 0 radical (unpaired) electrons. The van der Waals surface area contributed by atoms with Gasteiger partial charge >= 0.3 is 12.2 Å². The van der Waals surface area contributed by atoms with Gasteiger partial charge in [-0.25, -0.2) is 24.5 Å². The SMILES string of the molecule is C=C[C@]1(C)CC(OC(=O)NC(=O)C2CCN(C(=O)OCn3cnc4c(N5CCC(N)C5)ncnc43)CC2)C2(C)C(C)CCC3(CCC(=O)C32)C(C)[C@@H]1O. The lowest BCUT2D eigenvalue weighted by Gasteiger charge is -2.61. The molecule has 2 bridgehead atoms. The lowest BCUT2D eigenvalue weighted by molar-refractivity contribution is -0.191. The van der Waals surface area contributed by atoms with E-state index in [1.54, 1.807) is 21.9 Å². The number of nitrogens with two attached hydrogens (primary N) is 1. The fourth-order valence-electron chi connectivity index (χ4n) is 10.6. The van der Waals surface area contributed by atoms with Gasteiger partial charge in [-0.15, -0.1) is 6.58 Å². The van der Waals surface area contributed by atoms with Crippen molar-refractivity contribution in [3.63, 3.8) is 0 Å². The number of hydrogen-bond acceptors (Lipinski definition) is 12. The monoisotopic (exact) mass is 734 g/mol. The Morgan fingerprint density at radius 3 is 2.55 bits per heavy atom. The maximum atomic E-state index is 13.7. The molecular formula is C38H54N8O7. The number of imide groups is 1. The maximum Gasteiger partial charge on any atom is 0.414 e. The van der Waals surface area contributed by atoms with E-state index in [4.69, 9.17) is 15.2 Å². The molecule has 3 amide bonds. The van der Waals surface area contributed by atoms with E-state index in [0.29, 0.717) is 49.2 Å². The number of rotatable bonds is 6. The average molecular weight is 735 g/mol. The Morgan fingerprint density at radius 2 is 1.85 bits per heavy atom. The van der Waals surface area contributed by atoms with E-state index in [9.17, 15) is 24.3 Å². The second kappa shape index (κ2) is 13.9. The van der Waals surface area contributed by atoms with Crippen LogP contribution in [0.2, 0.25) is 0 Å². The molecule has 2 aromatic heterocycles. The van der Waals surface area contributed by atoms with Crippen molar-refractivity contribution in [3.05, 3.63) is 25.3 Å². The quantitative estimate of drug-likeness (QED) is 0.364. The number of amides is 3. The normalized spacial score (nSPS) is 36.1. The van der Waals surface area contributed by atoms with Crippen LogP contribution in [0.5, 0.6) is 0 Å². The summed E-state index contributed by atoms with van der Waals surface area (Å²) < 4.78 is 13.4. The third-order valence-corrected chi connectivity index (χ3v) is 14.1. The number of carbonyl (C=O) groups excluding carboxylic acids is 4. The standard InChI is InChI=1S/C38H54N8O7/c1-6-36(4)17-27(37(5)22(2)7-12-38(23(3)30(36)48)13-8-26(47)29(37)38)53-34(50)43-33(49)24-9-14-44(15-10-24)35(51)52-21-46-20-42-28-31(40-19-41-32(28)46)45-16-11-25(39)18-45/h6,19-20,22-25,27,29-30,48H,1,7-18,21,39H2,2-5H3,(H,43,49,50)/t22?,23?,25?,27?,29?,30-,36+,37?,38?/m0/s1. The summed E-state index contributed by atoms with van der Waals surface area (Å²) in [5, 5.41) is 14.2. The van der Waals surface area contributed by atoms with Crippen LogP contribution in [0.1, 0.15) is 79.1 Å². The Balaban J connectivity index is 0.958. The van der Waals surface area contributed by atoms with Crippen molar-refractivity contribution in [2.24, 2.45) is 45.7 Å². The van der Waals surface area contributed by atoms with Crippen molar-refractivity contribution in [2.75, 3.05) is 31.1 Å². The van der Waals surface area contributed by atoms with Gasteiger partial charge in [0, 0.05) is 61.3 Å². The van der Waals surface area contributed by atoms with Gasteiger partial charge in [0.25, 0.3) is 0 Å². The van der Waals surface area contributed by atoms with Crippen LogP contribution in [0.3, 0.4) is 0 Å². The van der Waals surface area contributed by atoms with Crippen molar-refractivity contribution in [3.8, 4) is 0 Å². The molecule has 5 fully saturated rings. The van der Waals surface area contributed by atoms with Crippen molar-refractivity contribution < 1.29 is 33.8 Å². The second-order valence-corrected chi connectivity index (χ2v) is 16.8. The first kappa shape index (κ1) is 37.2. The molecule has 7 rings (SSSR count). The summed E-state index contributed by atoms with van der Waals surface area (Å²) in [7, 11) is 0. The number of Topliss-reactive ketones (excluding diaryl/α,β-unsaturated/α-hetero) is 1. The number of anilines is 1. The van der Waals surface area contributed by atoms with Gasteiger partial charge in [0.2, 0.25) is 5.91 Å². The predicted molar refractivity (Wildman–Crippen MR) is 194 cm³/mol. The number of aromatic nitrogens is 4. The number of aliphatic hydroxyl groups excluding tert-OH is 1. The largest absolute Gasteiger partial charge is 0.445 e. The van der Waals surface area contributed by atoms with Crippen molar-refractivity contribution in [1.29, 1.82) is 0 Å². The van der Waals surface area contributed by atoms with E-state index < -0.39 is 52.5 Å². The number of ether oxygens (including phenoxy) is 2. The van der Waals surface area contributed by atoms with Crippen LogP contribution in [0, 0.1) is 39.9 Å². The average Bonchev–Trinajstić information content (AvgIpc) is 3.88. The van der Waals surface area contributed by atoms with Gasteiger partial charge in [0.1, 0.15) is 18.2 Å². The zero-order valence-corrected chi connectivity index (χ0v) is 31.3. The first-order valence-corrected chi connectivity index (χ1v) is 19.2. The first-order valence-electron chi connectivity index (χ1n) is 19.2. The summed E-state index contributed by atoms with van der Waals surface area (Å²) in [6, 6.07) is 0.0805. The number of ketones is 1. The number of carbonyl (C=O) groups is 4. The summed E-state index contributed by atoms with van der Waals surface area (Å²) >= 11 is 0. The number of likely N-dealkylation sites (tertiary alicyclic amines) is 1. The van der Waals surface area contributed by atoms with Crippen LogP contribution >= 0.6 is 0 Å². The first-order chi connectivity index (χ1) is 25.2. The fraction of sp³-hybridized carbons (Fsp3) is 0.711. The van der Waals surface area contributed by atoms with Crippen LogP contribution in [0.25, 0.3) is 11.2 Å². The Morgan fingerprint density at radius 1 is 1.09 bits per heavy atom. The highest BCUT2D eigenvalue weighted by atomic mass is 16.6. The fourth-order valence-corrected chi connectivity index (χ4v) is 10.6. The predicted octanol–water partition coefficient (Wildman–Crippen LogP) is 3.79. The van der Waals surface area contributed by atoms with E-state index in [1.165, 1.54) is 6.33 Å². The van der Waals surface area contributed by atoms with Crippen molar-refractivity contribution in [2.45, 2.75) is 104 Å². The van der Waals surface area contributed by atoms with Gasteiger partial charge in [-0.05, 0) is 62.2 Å². The molecule has 15 nitrogen and oxygen atoms in total. The minimum Gasteiger partial charge on any atom is -0.445 e. The van der Waals surface area contributed by atoms with Crippen LogP contribution in [-0.2, 0) is 25.8 Å². The molecule has 5 aliphatic rings. The highest BCUT2D eigenvalue weighted by Crippen LogP contribution is 2.68. The molecule has 4 heterocycles. The third-order valence-electron chi connectivity index (χ3n) is 14.1. The van der Waals surface area contributed by atoms with E-state index in [0.717, 1.165) is 25.8 Å². The number of aliphatic hydroxyl groups is 1. The zero-order chi connectivity index (χ0) is 37.9. The van der Waals surface area contributed by atoms with Gasteiger partial charge in [0.15, 0.2) is 23.7 Å². The lowest BCUT2D eigenvalue weighted by atomic mass is 9.44. The Bertz CT molecular complexity index is 1780. The minimum absolute atomic E-state index is 0.0735. The summed E-state index contributed by atoms with van der Waals surface area (Å²) in [6.07, 6.45) is 6.55. The van der Waals surface area contributed by atoms with Gasteiger partial charge in [-0.1, -0.05) is 33.8 Å². The molecule has 7 unspecified atom stereocenters. The molecule has 0 aromatic carbocycles. The highest BCUT2D eigenvalue weighted by Gasteiger charge is 2.68. The number of nitrogens with one attached hydrogen (secondary N) is 1. The van der Waals surface area contributed by atoms with Crippen LogP contribution in [-0.4, -0.2) is 97.8 Å². The summed E-state index contributed by atoms with van der Waals surface area (Å²) in [6.45, 7) is 14.2. The van der Waals surface area contributed by atoms with E-state index in [2.05, 4.69) is 52.5 Å². The number of fused-ring (bicyclic) bond motifs is 1. The van der Waals surface area contributed by atoms with E-state index in [-0.39, 0.29) is 55.8 Å². The Hall–Kier alpha value is -4.11. The molecule has 288 valence electrons. The van der Waals surface area contributed by atoms with Gasteiger partial charge in [-0.3, -0.25) is 19.5 Å². The summed E-state index contributed by atoms with van der Waals surface area (Å²) in [5.41, 5.74) is 5.39. The molecule has 2 aromatic rings. The van der Waals surface area contributed by atoms with Crippen molar-refractivity contribution >= 4 is 40.9 Å². The van der Waals surface area contributed by atoms with Gasteiger partial charge in [0.05, 0.1) is 12.4 Å². The number of imidazole rings is 1. The van der Waals surface area contributed by atoms with Crippen molar-refractivity contribution in [1.82, 2.24) is 29.7 Å². The molecular weight excluding hydrogens is 680 g/mol. The van der Waals surface area contributed by atoms with Crippen LogP contribution in [0.15, 0.2) is 25.3 Å². The second-order valence-electron chi connectivity index (χ2n) is 16.8. The number of nitrogens with zero attached hydrogens (tertiary/aromatic N) is 6. The molecule has 53 heavy (non-hydrogen) atoms. The third kappa shape index (κ3) is 6.26. The van der Waals surface area contributed by atoms with Crippen LogP contribution in [0.4, 0.5) is 15.4 Å². The van der Waals surface area contributed by atoms with Gasteiger partial charge in [-0.2, -0.15) is 0 Å². The number of piperidine rings is 1. The molecule has 2 aliphatic heterocycles. The molecule has 3 aliphatic carbocycles. The van der Waals surface area contributed by atoms with E-state index in [1.807, 2.05) is 6.92 Å². The minimum atomic E-state index is -0.862. The molecule has 4 N–H and O–H groups in total. The van der Waals surface area contributed by atoms with Crippen LogP contribution < -0.4 is 16.0 Å². The molecule has 2 saturated heterocycles.